The Labute approximate surface area is 243 Å². The standard InChI is InChI=1S/C35H40N2O4/c1-6-17-36-18-16-35-27-11-12-28(37(21-22(2)3)32(39)15-10-25-9-7-8-23(4)19-25)34(35)41-31-14-13-30(40-24(5)38)26(33(31)35)20-29(27)36/h6-9,13-14,19,22,27-29,34H,1,11-12,16-18,20-21H2,2-5H3/t27-,28-,29+,34-,35-/m0/s1. The molecule has 1 saturated heterocycles. The van der Waals surface area contributed by atoms with Crippen LogP contribution in [0.5, 0.6) is 11.5 Å². The van der Waals surface area contributed by atoms with Crippen LogP contribution in [-0.4, -0.2) is 59.5 Å². The van der Waals surface area contributed by atoms with Crippen LogP contribution in [0, 0.1) is 30.6 Å². The van der Waals surface area contributed by atoms with Gasteiger partial charge in [0, 0.05) is 54.1 Å². The summed E-state index contributed by atoms with van der Waals surface area (Å²) in [6.07, 6.45) is 5.46. The van der Waals surface area contributed by atoms with Crippen molar-refractivity contribution in [1.82, 2.24) is 9.80 Å². The quantitative estimate of drug-likeness (QED) is 0.217. The van der Waals surface area contributed by atoms with Crippen molar-refractivity contribution in [2.75, 3.05) is 19.6 Å². The van der Waals surface area contributed by atoms with Crippen molar-refractivity contribution in [3.05, 3.63) is 71.3 Å². The molecule has 2 aromatic carbocycles. The highest BCUT2D eigenvalue weighted by Gasteiger charge is 2.66. The van der Waals surface area contributed by atoms with Crippen LogP contribution in [-0.2, 0) is 21.4 Å². The number of likely N-dealkylation sites (tertiary alicyclic amines) is 1. The van der Waals surface area contributed by atoms with E-state index in [1.54, 1.807) is 0 Å². The summed E-state index contributed by atoms with van der Waals surface area (Å²) in [5, 5.41) is 0. The normalized spacial score (nSPS) is 27.2. The summed E-state index contributed by atoms with van der Waals surface area (Å²) in [7, 11) is 0. The lowest BCUT2D eigenvalue weighted by Crippen LogP contribution is -2.69. The second-order valence-electron chi connectivity index (χ2n) is 12.6. The van der Waals surface area contributed by atoms with Crippen molar-refractivity contribution in [1.29, 1.82) is 0 Å². The van der Waals surface area contributed by atoms with Gasteiger partial charge >= 0.3 is 5.97 Å². The van der Waals surface area contributed by atoms with Crippen LogP contribution in [0.15, 0.2) is 49.1 Å². The molecule has 2 heterocycles. The van der Waals surface area contributed by atoms with Crippen molar-refractivity contribution in [3.8, 4) is 23.3 Å². The smallest absolute Gasteiger partial charge is 0.308 e. The molecule has 41 heavy (non-hydrogen) atoms. The number of hydrogen-bond donors (Lipinski definition) is 0. The average molecular weight is 553 g/mol. The van der Waals surface area contributed by atoms with Gasteiger partial charge in [-0.2, -0.15) is 0 Å². The van der Waals surface area contributed by atoms with Crippen LogP contribution < -0.4 is 9.47 Å². The summed E-state index contributed by atoms with van der Waals surface area (Å²) in [6, 6.07) is 12.0. The lowest BCUT2D eigenvalue weighted by atomic mass is 9.50. The third-order valence-electron chi connectivity index (χ3n) is 9.57. The number of amides is 1. The number of aryl methyl sites for hydroxylation is 1. The van der Waals surface area contributed by atoms with Gasteiger partial charge in [0.25, 0.3) is 5.91 Å². The summed E-state index contributed by atoms with van der Waals surface area (Å²) >= 11 is 0. The third kappa shape index (κ3) is 4.65. The molecule has 0 N–H and O–H groups in total. The van der Waals surface area contributed by atoms with Crippen molar-refractivity contribution < 1.29 is 19.1 Å². The molecule has 5 atom stereocenters. The van der Waals surface area contributed by atoms with E-state index in [2.05, 4.69) is 37.2 Å². The van der Waals surface area contributed by atoms with Crippen LogP contribution in [0.4, 0.5) is 0 Å². The predicted molar refractivity (Wildman–Crippen MR) is 159 cm³/mol. The van der Waals surface area contributed by atoms with Gasteiger partial charge in [0.2, 0.25) is 0 Å². The van der Waals surface area contributed by atoms with E-state index in [4.69, 9.17) is 9.47 Å². The molecular weight excluding hydrogens is 512 g/mol. The Bertz CT molecular complexity index is 1450. The number of carbonyl (C=O) groups excluding carboxylic acids is 2. The molecule has 2 bridgehead atoms. The molecule has 0 radical (unpaired) electrons. The van der Waals surface area contributed by atoms with Crippen molar-refractivity contribution in [3.63, 3.8) is 0 Å². The average Bonchev–Trinajstić information content (AvgIpc) is 3.26. The van der Waals surface area contributed by atoms with Crippen molar-refractivity contribution in [2.45, 2.75) is 77.0 Å². The molecule has 2 aliphatic carbocycles. The first kappa shape index (κ1) is 27.6. The molecule has 6 rings (SSSR count). The summed E-state index contributed by atoms with van der Waals surface area (Å²) < 4.78 is 12.7. The highest BCUT2D eigenvalue weighted by Crippen LogP contribution is 2.63. The van der Waals surface area contributed by atoms with Gasteiger partial charge in [0.1, 0.15) is 17.6 Å². The number of ether oxygens (including phenoxy) is 2. The van der Waals surface area contributed by atoms with Gasteiger partial charge in [-0.25, -0.2) is 0 Å². The summed E-state index contributed by atoms with van der Waals surface area (Å²) in [4.78, 5) is 30.5. The maximum absolute atomic E-state index is 13.9. The van der Waals surface area contributed by atoms with E-state index in [0.29, 0.717) is 30.2 Å². The first-order valence-electron chi connectivity index (χ1n) is 15.0. The van der Waals surface area contributed by atoms with Crippen LogP contribution in [0.2, 0.25) is 0 Å². The molecule has 6 heteroatoms. The minimum Gasteiger partial charge on any atom is -0.487 e. The molecule has 0 unspecified atom stereocenters. The zero-order valence-electron chi connectivity index (χ0n) is 24.6. The lowest BCUT2D eigenvalue weighted by molar-refractivity contribution is -0.137. The summed E-state index contributed by atoms with van der Waals surface area (Å²) in [6.45, 7) is 14.2. The molecule has 1 spiro atoms. The number of esters is 1. The second-order valence-corrected chi connectivity index (χ2v) is 12.6. The second kappa shape index (κ2) is 10.7. The Kier molecular flexibility index (Phi) is 7.20. The molecule has 214 valence electrons. The maximum Gasteiger partial charge on any atom is 0.308 e. The van der Waals surface area contributed by atoms with Gasteiger partial charge in [0.05, 0.1) is 6.04 Å². The van der Waals surface area contributed by atoms with Gasteiger partial charge in [-0.3, -0.25) is 14.5 Å². The predicted octanol–water partition coefficient (Wildman–Crippen LogP) is 5.05. The summed E-state index contributed by atoms with van der Waals surface area (Å²) in [5.41, 5.74) is 4.05. The number of nitrogens with zero attached hydrogens (tertiary/aromatic N) is 2. The van der Waals surface area contributed by atoms with Crippen LogP contribution in [0.3, 0.4) is 0 Å². The Morgan fingerprint density at radius 1 is 1.27 bits per heavy atom. The Morgan fingerprint density at radius 2 is 2.10 bits per heavy atom. The molecule has 2 aromatic rings. The zero-order chi connectivity index (χ0) is 28.9. The highest BCUT2D eigenvalue weighted by molar-refractivity contribution is 5.94. The van der Waals surface area contributed by atoms with Gasteiger partial charge in [-0.05, 0) is 80.8 Å². The van der Waals surface area contributed by atoms with E-state index < -0.39 is 0 Å². The monoisotopic (exact) mass is 552 g/mol. The van der Waals surface area contributed by atoms with Crippen molar-refractivity contribution >= 4 is 11.9 Å². The molecule has 0 aromatic heterocycles. The molecule has 4 aliphatic rings. The lowest BCUT2D eigenvalue weighted by Gasteiger charge is -2.60. The van der Waals surface area contributed by atoms with Gasteiger partial charge in [-0.1, -0.05) is 38.0 Å². The van der Waals surface area contributed by atoms with Crippen LogP contribution in [0.25, 0.3) is 0 Å². The Hall–Kier alpha value is -3.56. The molecule has 1 saturated carbocycles. The minimum absolute atomic E-state index is 0.0879. The molecule has 6 nitrogen and oxygen atoms in total. The van der Waals surface area contributed by atoms with Crippen molar-refractivity contribution in [2.24, 2.45) is 11.8 Å². The van der Waals surface area contributed by atoms with E-state index in [1.807, 2.05) is 54.3 Å². The molecule has 2 aliphatic heterocycles. The number of hydrogen-bond acceptors (Lipinski definition) is 5. The van der Waals surface area contributed by atoms with E-state index >= 15 is 0 Å². The van der Waals surface area contributed by atoms with Crippen LogP contribution >= 0.6 is 0 Å². The number of piperidine rings is 1. The number of carbonyl (C=O) groups is 2. The number of benzene rings is 2. The van der Waals surface area contributed by atoms with Crippen LogP contribution in [0.1, 0.15) is 62.3 Å². The fourth-order valence-corrected chi connectivity index (χ4v) is 8.24. The Morgan fingerprint density at radius 3 is 2.83 bits per heavy atom. The first-order valence-corrected chi connectivity index (χ1v) is 15.0. The van der Waals surface area contributed by atoms with Gasteiger partial charge in [0.15, 0.2) is 0 Å². The van der Waals surface area contributed by atoms with E-state index in [9.17, 15) is 9.59 Å². The fraction of sp³-hybridized carbons (Fsp3) is 0.486. The zero-order valence-corrected chi connectivity index (χ0v) is 24.6. The maximum atomic E-state index is 13.9. The van der Waals surface area contributed by atoms with Gasteiger partial charge < -0.3 is 14.4 Å². The molecule has 1 amide bonds. The summed E-state index contributed by atoms with van der Waals surface area (Å²) in [5.74, 6) is 7.86. The topological polar surface area (TPSA) is 59.1 Å². The Balaban J connectivity index is 1.42. The molecule has 2 fully saturated rings. The fourth-order valence-electron chi connectivity index (χ4n) is 8.24. The van der Waals surface area contributed by atoms with E-state index in [0.717, 1.165) is 61.2 Å². The minimum atomic E-state index is -0.313. The van der Waals surface area contributed by atoms with E-state index in [1.165, 1.54) is 12.5 Å². The molecular formula is C35H40N2O4. The largest absolute Gasteiger partial charge is 0.487 e. The number of rotatable bonds is 6. The van der Waals surface area contributed by atoms with Gasteiger partial charge in [-0.15, -0.1) is 6.58 Å². The first-order chi connectivity index (χ1) is 19.7. The van der Waals surface area contributed by atoms with E-state index in [-0.39, 0.29) is 29.4 Å². The SMILES string of the molecule is C=CCN1CC[C@@]23c4c5ccc(OC(C)=O)c4C[C@@H]1[C@@H]2CC[C@H](N(CC(C)C)C(=O)C#Cc1cccc(C)c1)[C@@H]3O5. The third-order valence-corrected chi connectivity index (χ3v) is 9.57. The highest BCUT2D eigenvalue weighted by atomic mass is 16.5.